The molecule has 1 unspecified atom stereocenters. The smallest absolute Gasteiger partial charge is 0.241 e. The topological polar surface area (TPSA) is 131 Å². The van der Waals surface area contributed by atoms with Crippen LogP contribution >= 0.6 is 0 Å². The first kappa shape index (κ1) is 26.4. The number of rotatable bonds is 11. The van der Waals surface area contributed by atoms with Gasteiger partial charge in [-0.15, -0.1) is 0 Å². The predicted molar refractivity (Wildman–Crippen MR) is 121 cm³/mol. The molecule has 182 valence electrons. The van der Waals surface area contributed by atoms with Crippen LogP contribution < -0.4 is 19.5 Å². The highest BCUT2D eigenvalue weighted by Crippen LogP contribution is 2.32. The fraction of sp³-hybridized carbons (Fsp3) is 0.650. The van der Waals surface area contributed by atoms with Gasteiger partial charge < -0.3 is 14.8 Å². The van der Waals surface area contributed by atoms with E-state index in [9.17, 15) is 21.6 Å². The molecule has 32 heavy (non-hydrogen) atoms. The second-order valence-electron chi connectivity index (χ2n) is 7.87. The lowest BCUT2D eigenvalue weighted by atomic mass is 10.1. The summed E-state index contributed by atoms with van der Waals surface area (Å²) >= 11 is 0. The zero-order valence-electron chi connectivity index (χ0n) is 19.0. The number of hydrogen-bond acceptors (Lipinski definition) is 7. The second-order valence-corrected chi connectivity index (χ2v) is 11.9. The lowest BCUT2D eigenvalue weighted by molar-refractivity contribution is -0.123. The Balaban J connectivity index is 2.01. The van der Waals surface area contributed by atoms with Crippen molar-refractivity contribution >= 4 is 26.0 Å². The van der Waals surface area contributed by atoms with Gasteiger partial charge in [0.15, 0.2) is 11.5 Å². The molecule has 1 amide bonds. The van der Waals surface area contributed by atoms with Crippen LogP contribution in [0.3, 0.4) is 0 Å². The molecule has 0 fully saturated rings. The van der Waals surface area contributed by atoms with Gasteiger partial charge >= 0.3 is 0 Å². The van der Waals surface area contributed by atoms with E-state index in [0.717, 1.165) is 0 Å². The zero-order valence-corrected chi connectivity index (χ0v) is 20.6. The van der Waals surface area contributed by atoms with Crippen molar-refractivity contribution in [3.8, 4) is 11.5 Å². The number of benzene rings is 1. The van der Waals surface area contributed by atoms with Crippen LogP contribution in [0, 0.1) is 5.92 Å². The van der Waals surface area contributed by atoms with E-state index in [1.165, 1.54) is 23.5 Å². The summed E-state index contributed by atoms with van der Waals surface area (Å²) in [4.78, 5) is 12.6. The van der Waals surface area contributed by atoms with Gasteiger partial charge in [0.1, 0.15) is 6.04 Å². The Kier molecular flexibility index (Phi) is 9.31. The van der Waals surface area contributed by atoms with E-state index in [-0.39, 0.29) is 29.7 Å². The van der Waals surface area contributed by atoms with E-state index in [1.807, 2.05) is 0 Å². The summed E-state index contributed by atoms with van der Waals surface area (Å²) in [5.41, 5.74) is 0. The van der Waals surface area contributed by atoms with Gasteiger partial charge in [0.25, 0.3) is 0 Å². The highest BCUT2D eigenvalue weighted by molar-refractivity contribution is 7.89. The third kappa shape index (κ3) is 7.06. The van der Waals surface area contributed by atoms with Crippen molar-refractivity contribution in [3.05, 3.63) is 18.2 Å². The van der Waals surface area contributed by atoms with Gasteiger partial charge in [-0.25, -0.2) is 21.1 Å². The number of carbonyl (C=O) groups is 1. The van der Waals surface area contributed by atoms with Crippen LogP contribution in [-0.4, -0.2) is 72.2 Å². The molecule has 0 radical (unpaired) electrons. The van der Waals surface area contributed by atoms with Crippen LogP contribution in [0.2, 0.25) is 0 Å². The fourth-order valence-corrected chi connectivity index (χ4v) is 5.23. The van der Waals surface area contributed by atoms with E-state index in [4.69, 9.17) is 9.47 Å². The summed E-state index contributed by atoms with van der Waals surface area (Å²) in [6.45, 7) is 6.44. The van der Waals surface area contributed by atoms with Crippen molar-refractivity contribution in [1.29, 1.82) is 0 Å². The molecule has 0 spiro atoms. The molecule has 0 aromatic heterocycles. The number of sulfonamides is 2. The average molecular weight is 492 g/mol. The van der Waals surface area contributed by atoms with Gasteiger partial charge in [-0.3, -0.25) is 4.79 Å². The van der Waals surface area contributed by atoms with Crippen molar-refractivity contribution in [2.24, 2.45) is 5.92 Å². The fourth-order valence-electron chi connectivity index (χ4n) is 3.02. The third-order valence-electron chi connectivity index (χ3n) is 5.05. The largest absolute Gasteiger partial charge is 0.490 e. The lowest BCUT2D eigenvalue weighted by Crippen LogP contribution is -2.50. The van der Waals surface area contributed by atoms with E-state index in [2.05, 4.69) is 10.0 Å². The van der Waals surface area contributed by atoms with Crippen molar-refractivity contribution in [2.75, 3.05) is 39.1 Å². The maximum absolute atomic E-state index is 12.9. The molecule has 0 bridgehead atoms. The van der Waals surface area contributed by atoms with Gasteiger partial charge in [-0.05, 0) is 31.4 Å². The first-order chi connectivity index (χ1) is 15.0. The molecule has 1 heterocycles. The molecule has 1 aromatic rings. The second kappa shape index (κ2) is 11.3. The average Bonchev–Trinajstić information content (AvgIpc) is 2.99. The Labute approximate surface area is 190 Å². The molecule has 0 saturated carbocycles. The lowest BCUT2D eigenvalue weighted by Gasteiger charge is -2.22. The van der Waals surface area contributed by atoms with Crippen LogP contribution in [0.1, 0.15) is 33.6 Å². The van der Waals surface area contributed by atoms with Gasteiger partial charge in [0.05, 0.1) is 23.9 Å². The molecule has 2 N–H and O–H groups in total. The van der Waals surface area contributed by atoms with Crippen LogP contribution in [0.25, 0.3) is 0 Å². The number of nitrogens with zero attached hydrogens (tertiary/aromatic N) is 1. The van der Waals surface area contributed by atoms with Crippen LogP contribution in [0.15, 0.2) is 23.1 Å². The summed E-state index contributed by atoms with van der Waals surface area (Å²) in [5, 5.41) is 2.69. The first-order valence-electron chi connectivity index (χ1n) is 10.6. The van der Waals surface area contributed by atoms with E-state index in [0.29, 0.717) is 37.6 Å². The Morgan fingerprint density at radius 3 is 2.41 bits per heavy atom. The predicted octanol–water partition coefficient (Wildman–Crippen LogP) is 0.939. The van der Waals surface area contributed by atoms with E-state index in [1.54, 1.807) is 26.8 Å². The molecule has 2 rings (SSSR count). The highest BCUT2D eigenvalue weighted by Gasteiger charge is 2.29. The summed E-state index contributed by atoms with van der Waals surface area (Å²) < 4.78 is 64.2. The number of fused-ring (bicyclic) bond motifs is 1. The summed E-state index contributed by atoms with van der Waals surface area (Å²) in [6, 6.07) is 3.35. The Morgan fingerprint density at radius 1 is 1.12 bits per heavy atom. The van der Waals surface area contributed by atoms with Gasteiger partial charge in [-0.1, -0.05) is 13.8 Å². The molecule has 0 saturated heterocycles. The van der Waals surface area contributed by atoms with E-state index < -0.39 is 32.0 Å². The maximum Gasteiger partial charge on any atom is 0.241 e. The van der Waals surface area contributed by atoms with Crippen LogP contribution in [-0.2, 0) is 24.8 Å². The maximum atomic E-state index is 12.9. The highest BCUT2D eigenvalue weighted by atomic mass is 32.2. The van der Waals surface area contributed by atoms with Gasteiger partial charge in [0, 0.05) is 32.6 Å². The zero-order chi connectivity index (χ0) is 23.9. The number of ether oxygens (including phenoxy) is 2. The number of hydrogen-bond donors (Lipinski definition) is 2. The summed E-state index contributed by atoms with van der Waals surface area (Å²) in [7, 11) is -5.79. The number of carbonyl (C=O) groups excluding carboxylic acids is 1. The molecule has 1 aromatic carbocycles. The van der Waals surface area contributed by atoms with Crippen molar-refractivity contribution in [3.63, 3.8) is 0 Å². The molecule has 10 nitrogen and oxygen atoms in total. The third-order valence-corrected chi connectivity index (χ3v) is 8.35. The monoisotopic (exact) mass is 491 g/mol. The Bertz CT molecular complexity index is 994. The molecule has 1 aliphatic rings. The number of nitrogens with one attached hydrogen (secondary N) is 2. The van der Waals surface area contributed by atoms with Crippen molar-refractivity contribution in [2.45, 2.75) is 44.6 Å². The first-order valence-corrected chi connectivity index (χ1v) is 13.7. The Hall–Kier alpha value is -1.89. The summed E-state index contributed by atoms with van der Waals surface area (Å²) in [6.07, 6.45) is 1.10. The molecular formula is C20H33N3O7S2. The minimum Gasteiger partial charge on any atom is -0.490 e. The minimum atomic E-state index is -4.00. The standard InChI is InChI=1S/C20H33N3O7S2/c1-5-31(25,26)23(4)11-6-10-21-20(24)19(15(2)3)22-32(27,28)16-8-9-17-18(14-16)30-13-7-12-29-17/h8-9,14-15,19,22H,5-7,10-13H2,1-4H3,(H,21,24). The molecular weight excluding hydrogens is 458 g/mol. The minimum absolute atomic E-state index is 0.00687. The Morgan fingerprint density at radius 2 is 1.78 bits per heavy atom. The van der Waals surface area contributed by atoms with Crippen LogP contribution in [0.5, 0.6) is 11.5 Å². The SMILES string of the molecule is CCS(=O)(=O)N(C)CCCNC(=O)C(NS(=O)(=O)c1ccc2c(c1)OCCCO2)C(C)C. The normalized spacial score (nSPS) is 15.4. The quantitative estimate of drug-likeness (QED) is 0.440. The summed E-state index contributed by atoms with van der Waals surface area (Å²) in [5.74, 6) is 0.0522. The number of amides is 1. The van der Waals surface area contributed by atoms with E-state index >= 15 is 0 Å². The van der Waals surface area contributed by atoms with Crippen molar-refractivity contribution in [1.82, 2.24) is 14.3 Å². The molecule has 1 atom stereocenters. The molecule has 1 aliphatic heterocycles. The molecule has 0 aliphatic carbocycles. The van der Waals surface area contributed by atoms with Crippen LogP contribution in [0.4, 0.5) is 0 Å². The van der Waals surface area contributed by atoms with Gasteiger partial charge in [0.2, 0.25) is 26.0 Å². The molecule has 12 heteroatoms. The van der Waals surface area contributed by atoms with Crippen molar-refractivity contribution < 1.29 is 31.1 Å². The van der Waals surface area contributed by atoms with Gasteiger partial charge in [-0.2, -0.15) is 4.72 Å².